The number of nitrogens with zero attached hydrogens (tertiary/aromatic N) is 2. The van der Waals surface area contributed by atoms with E-state index in [-0.39, 0.29) is 35.6 Å². The molecule has 6 nitrogen and oxygen atoms in total. The van der Waals surface area contributed by atoms with Crippen LogP contribution in [-0.4, -0.2) is 41.8 Å². The second kappa shape index (κ2) is 7.94. The molecule has 0 aromatic heterocycles. The Bertz CT molecular complexity index is 766. The minimum atomic E-state index is -0.0681. The van der Waals surface area contributed by atoms with Gasteiger partial charge >= 0.3 is 0 Å². The molecule has 6 heteroatoms. The first-order chi connectivity index (χ1) is 13.5. The molecule has 1 unspecified atom stereocenters. The summed E-state index contributed by atoms with van der Waals surface area (Å²) in [6.45, 7) is 3.40. The van der Waals surface area contributed by atoms with E-state index < -0.39 is 0 Å². The van der Waals surface area contributed by atoms with Gasteiger partial charge in [-0.05, 0) is 57.2 Å². The van der Waals surface area contributed by atoms with E-state index >= 15 is 0 Å². The molecule has 3 fully saturated rings. The highest BCUT2D eigenvalue weighted by atomic mass is 16.2. The summed E-state index contributed by atoms with van der Waals surface area (Å²) in [4.78, 5) is 41.0. The maximum Gasteiger partial charge on any atom is 0.227 e. The van der Waals surface area contributed by atoms with Crippen molar-refractivity contribution in [3.05, 3.63) is 24.3 Å². The highest BCUT2D eigenvalue weighted by Crippen LogP contribution is 2.31. The summed E-state index contributed by atoms with van der Waals surface area (Å²) < 4.78 is 0. The van der Waals surface area contributed by atoms with Crippen LogP contribution in [0, 0.1) is 11.8 Å². The average molecular weight is 383 g/mol. The molecule has 150 valence electrons. The molecule has 3 aliphatic rings. The molecule has 0 spiro atoms. The maximum atomic E-state index is 12.7. The van der Waals surface area contributed by atoms with Crippen LogP contribution in [0.4, 0.5) is 11.4 Å². The minimum absolute atomic E-state index is 0.00805. The summed E-state index contributed by atoms with van der Waals surface area (Å²) in [5, 5.41) is 3.01. The van der Waals surface area contributed by atoms with Crippen LogP contribution < -0.4 is 10.2 Å². The number of anilines is 2. The molecule has 28 heavy (non-hydrogen) atoms. The Hall–Kier alpha value is -2.37. The Balaban J connectivity index is 1.33. The molecule has 1 aromatic carbocycles. The molecule has 0 radical (unpaired) electrons. The zero-order valence-corrected chi connectivity index (χ0v) is 16.5. The van der Waals surface area contributed by atoms with Crippen molar-refractivity contribution in [3.8, 4) is 0 Å². The maximum absolute atomic E-state index is 12.7. The number of benzene rings is 1. The number of carbonyl (C=O) groups is 3. The van der Waals surface area contributed by atoms with Gasteiger partial charge in [-0.25, -0.2) is 0 Å². The average Bonchev–Trinajstić information content (AvgIpc) is 2.99. The van der Waals surface area contributed by atoms with Gasteiger partial charge in [-0.1, -0.05) is 12.5 Å². The van der Waals surface area contributed by atoms with E-state index in [2.05, 4.69) is 12.2 Å². The lowest BCUT2D eigenvalue weighted by molar-refractivity contribution is -0.140. The van der Waals surface area contributed by atoms with E-state index in [1.54, 1.807) is 0 Å². The molecule has 1 aliphatic carbocycles. The first-order valence-electron chi connectivity index (χ1n) is 10.5. The van der Waals surface area contributed by atoms with Crippen LogP contribution >= 0.6 is 0 Å². The monoisotopic (exact) mass is 383 g/mol. The van der Waals surface area contributed by atoms with Gasteiger partial charge < -0.3 is 15.1 Å². The summed E-state index contributed by atoms with van der Waals surface area (Å²) in [6, 6.07) is 7.73. The fourth-order valence-electron chi connectivity index (χ4n) is 4.48. The number of likely N-dealkylation sites (tertiary alicyclic amines) is 1. The van der Waals surface area contributed by atoms with Crippen molar-refractivity contribution in [1.29, 1.82) is 0 Å². The Morgan fingerprint density at radius 1 is 1.04 bits per heavy atom. The molecule has 2 aliphatic heterocycles. The topological polar surface area (TPSA) is 69.7 Å². The van der Waals surface area contributed by atoms with E-state index in [1.165, 1.54) is 0 Å². The van der Waals surface area contributed by atoms with Gasteiger partial charge in [-0.15, -0.1) is 0 Å². The number of hydrogen-bond donors (Lipinski definition) is 1. The normalized spacial score (nSPS) is 23.6. The van der Waals surface area contributed by atoms with E-state index in [0.29, 0.717) is 32.4 Å². The predicted molar refractivity (Wildman–Crippen MR) is 108 cm³/mol. The zero-order valence-electron chi connectivity index (χ0n) is 16.5. The van der Waals surface area contributed by atoms with Gasteiger partial charge in [0.1, 0.15) is 0 Å². The minimum Gasteiger partial charge on any atom is -0.342 e. The van der Waals surface area contributed by atoms with Crippen molar-refractivity contribution < 1.29 is 14.4 Å². The summed E-state index contributed by atoms with van der Waals surface area (Å²) >= 11 is 0. The van der Waals surface area contributed by atoms with E-state index in [4.69, 9.17) is 0 Å². The van der Waals surface area contributed by atoms with Crippen molar-refractivity contribution >= 4 is 29.1 Å². The number of amides is 3. The van der Waals surface area contributed by atoms with Crippen molar-refractivity contribution in [2.45, 2.75) is 57.9 Å². The number of nitrogens with one attached hydrogen (secondary N) is 1. The molecule has 3 amide bonds. The molecule has 1 saturated carbocycles. The van der Waals surface area contributed by atoms with Crippen LogP contribution in [0.2, 0.25) is 0 Å². The Morgan fingerprint density at radius 2 is 1.79 bits per heavy atom. The van der Waals surface area contributed by atoms with Gasteiger partial charge in [0.25, 0.3) is 0 Å². The van der Waals surface area contributed by atoms with E-state index in [1.807, 2.05) is 34.1 Å². The second-order valence-corrected chi connectivity index (χ2v) is 8.42. The van der Waals surface area contributed by atoms with Gasteiger partial charge in [0.05, 0.1) is 0 Å². The third-order valence-corrected chi connectivity index (χ3v) is 6.51. The van der Waals surface area contributed by atoms with Crippen LogP contribution in [0.3, 0.4) is 0 Å². The van der Waals surface area contributed by atoms with Gasteiger partial charge in [-0.2, -0.15) is 0 Å². The fourth-order valence-corrected chi connectivity index (χ4v) is 4.48. The van der Waals surface area contributed by atoms with Crippen LogP contribution in [-0.2, 0) is 14.4 Å². The molecular weight excluding hydrogens is 354 g/mol. The second-order valence-electron chi connectivity index (χ2n) is 8.42. The SMILES string of the molecule is CC1CCC(=O)N1c1cccc(NC(=O)C2CCN(C(=O)C3CCC3)CC2)c1. The van der Waals surface area contributed by atoms with Gasteiger partial charge in [0, 0.05) is 48.8 Å². The van der Waals surface area contributed by atoms with Crippen LogP contribution in [0.15, 0.2) is 24.3 Å². The van der Waals surface area contributed by atoms with E-state index in [0.717, 1.165) is 37.1 Å². The molecule has 1 atom stereocenters. The third kappa shape index (κ3) is 3.77. The van der Waals surface area contributed by atoms with Crippen molar-refractivity contribution in [2.24, 2.45) is 11.8 Å². The number of rotatable bonds is 4. The highest BCUT2D eigenvalue weighted by molar-refractivity contribution is 5.98. The fraction of sp³-hybridized carbons (Fsp3) is 0.591. The first kappa shape index (κ1) is 19.0. The van der Waals surface area contributed by atoms with Crippen molar-refractivity contribution in [2.75, 3.05) is 23.3 Å². The van der Waals surface area contributed by atoms with Gasteiger partial charge in [0.2, 0.25) is 17.7 Å². The molecule has 4 rings (SSSR count). The molecule has 1 N–H and O–H groups in total. The summed E-state index contributed by atoms with van der Waals surface area (Å²) in [6.07, 6.45) is 6.08. The molecule has 2 saturated heterocycles. The molecule has 0 bridgehead atoms. The standard InChI is InChI=1S/C22H29N3O3/c1-15-8-9-20(26)25(15)19-7-3-6-18(14-19)23-21(27)16-10-12-24(13-11-16)22(28)17-4-2-5-17/h3,6-7,14-17H,2,4-5,8-13H2,1H3,(H,23,27). The Kier molecular flexibility index (Phi) is 5.38. The third-order valence-electron chi connectivity index (χ3n) is 6.51. The smallest absolute Gasteiger partial charge is 0.227 e. The van der Waals surface area contributed by atoms with Gasteiger partial charge in [-0.3, -0.25) is 14.4 Å². The van der Waals surface area contributed by atoms with Crippen LogP contribution in [0.25, 0.3) is 0 Å². The Labute approximate surface area is 166 Å². The van der Waals surface area contributed by atoms with Crippen molar-refractivity contribution in [1.82, 2.24) is 4.90 Å². The predicted octanol–water partition coefficient (Wildman–Crippen LogP) is 3.18. The Morgan fingerprint density at radius 3 is 2.39 bits per heavy atom. The van der Waals surface area contributed by atoms with Crippen LogP contribution in [0.1, 0.15) is 51.9 Å². The molecule has 2 heterocycles. The largest absolute Gasteiger partial charge is 0.342 e. The molecule has 1 aromatic rings. The summed E-state index contributed by atoms with van der Waals surface area (Å²) in [5.41, 5.74) is 1.57. The number of hydrogen-bond acceptors (Lipinski definition) is 3. The van der Waals surface area contributed by atoms with E-state index in [9.17, 15) is 14.4 Å². The zero-order chi connectivity index (χ0) is 19.7. The van der Waals surface area contributed by atoms with Crippen molar-refractivity contribution in [3.63, 3.8) is 0 Å². The number of piperidine rings is 1. The first-order valence-corrected chi connectivity index (χ1v) is 10.5. The highest BCUT2D eigenvalue weighted by Gasteiger charge is 2.33. The quantitative estimate of drug-likeness (QED) is 0.868. The lowest BCUT2D eigenvalue weighted by atomic mass is 9.83. The lowest BCUT2D eigenvalue weighted by Crippen LogP contribution is -2.45. The van der Waals surface area contributed by atoms with Crippen LogP contribution in [0.5, 0.6) is 0 Å². The lowest BCUT2D eigenvalue weighted by Gasteiger charge is -2.36. The van der Waals surface area contributed by atoms with Gasteiger partial charge in [0.15, 0.2) is 0 Å². The molecular formula is C22H29N3O3. The number of carbonyl (C=O) groups excluding carboxylic acids is 3. The summed E-state index contributed by atoms with van der Waals surface area (Å²) in [5.74, 6) is 0.584. The summed E-state index contributed by atoms with van der Waals surface area (Å²) in [7, 11) is 0.